The summed E-state index contributed by atoms with van der Waals surface area (Å²) in [7, 11) is 7.56. The second kappa shape index (κ2) is 11.9. The van der Waals surface area contributed by atoms with E-state index in [0.29, 0.717) is 42.1 Å². The first-order valence-electron chi connectivity index (χ1n) is 15.6. The van der Waals surface area contributed by atoms with Crippen molar-refractivity contribution in [2.24, 2.45) is 17.6 Å². The summed E-state index contributed by atoms with van der Waals surface area (Å²) in [6, 6.07) is 1.61. The number of aliphatic hydroxyl groups excluding tert-OH is 1. The number of nitrogens with zero attached hydrogens (tertiary/aromatic N) is 3. The zero-order valence-electron chi connectivity index (χ0n) is 26.4. The normalized spacial score (nSPS) is 27.8. The zero-order valence-corrected chi connectivity index (χ0v) is 26.4. The lowest BCUT2D eigenvalue weighted by Crippen LogP contribution is -2.59. The molecule has 0 spiro atoms. The van der Waals surface area contributed by atoms with Crippen molar-refractivity contribution in [3.63, 3.8) is 0 Å². The molecule has 1 aromatic rings. The fourth-order valence-corrected chi connectivity index (χ4v) is 8.77. The lowest BCUT2D eigenvalue weighted by molar-refractivity contribution is -0.333. The number of carbonyl (C=O) groups excluding carboxylic acids is 2. The number of phenolic OH excluding ortho intramolecular Hbond substituents is 1. The van der Waals surface area contributed by atoms with Gasteiger partial charge in [0, 0.05) is 50.3 Å². The number of aliphatic hydroxyl groups is 1. The molecule has 1 amide bonds. The Morgan fingerprint density at radius 1 is 1.14 bits per heavy atom. The van der Waals surface area contributed by atoms with Crippen LogP contribution >= 0.6 is 0 Å². The standard InChI is InChI=1S/C33H48N4O6/c1-7-37(21-11-9-8-10-12-21)17-20-15-25(38)27-22(28(20)35(3)4)13-19-14-24-29(36(5)6)30(39)23(32(34)41)16-33(24,43-42)18(2)26(19)31(27)40/h15,19,21,24,29,38-39,42H,7-14,16-17H2,1-6H3,(H2,34,41)/t19-,24-,29-,33+/m0/s1. The maximum atomic E-state index is 14.4. The van der Waals surface area contributed by atoms with Gasteiger partial charge in [-0.15, -0.1) is 0 Å². The fraction of sp³-hybridized carbons (Fsp3) is 0.636. The van der Waals surface area contributed by atoms with Gasteiger partial charge < -0.3 is 20.8 Å². The molecule has 4 atom stereocenters. The average molecular weight is 597 g/mol. The van der Waals surface area contributed by atoms with Crippen LogP contribution in [0.1, 0.15) is 80.3 Å². The number of hydrogen-bond acceptors (Lipinski definition) is 9. The topological polar surface area (TPSA) is 140 Å². The van der Waals surface area contributed by atoms with Crippen molar-refractivity contribution in [1.82, 2.24) is 9.80 Å². The molecule has 10 heteroatoms. The second-order valence-electron chi connectivity index (χ2n) is 13.4. The van der Waals surface area contributed by atoms with Crippen LogP contribution in [0.2, 0.25) is 0 Å². The Balaban J connectivity index is 1.63. The highest BCUT2D eigenvalue weighted by Crippen LogP contribution is 2.56. The largest absolute Gasteiger partial charge is 0.510 e. The summed E-state index contributed by atoms with van der Waals surface area (Å²) in [6.45, 7) is 5.53. The first kappa shape index (κ1) is 31.5. The van der Waals surface area contributed by atoms with E-state index in [-0.39, 0.29) is 35.2 Å². The van der Waals surface area contributed by atoms with Gasteiger partial charge in [-0.05, 0) is 81.9 Å². The van der Waals surface area contributed by atoms with E-state index in [2.05, 4.69) is 16.7 Å². The van der Waals surface area contributed by atoms with Crippen LogP contribution in [-0.4, -0.2) is 89.4 Å². The number of allylic oxidation sites excluding steroid dienone is 1. The third-order valence-electron chi connectivity index (χ3n) is 10.7. The van der Waals surface area contributed by atoms with Crippen LogP contribution < -0.4 is 10.6 Å². The van der Waals surface area contributed by atoms with Crippen molar-refractivity contribution >= 4 is 17.4 Å². The number of primary amides is 1. The molecule has 0 radical (unpaired) electrons. The predicted molar refractivity (Wildman–Crippen MR) is 165 cm³/mol. The number of phenols is 1. The summed E-state index contributed by atoms with van der Waals surface area (Å²) in [4.78, 5) is 38.4. The number of benzene rings is 1. The van der Waals surface area contributed by atoms with Gasteiger partial charge in [-0.2, -0.15) is 0 Å². The molecule has 1 fully saturated rings. The molecule has 0 aliphatic heterocycles. The summed E-state index contributed by atoms with van der Waals surface area (Å²) in [5.41, 5.74) is 8.31. The summed E-state index contributed by atoms with van der Waals surface area (Å²) in [5.74, 6) is -1.93. The molecule has 0 aromatic heterocycles. The molecule has 43 heavy (non-hydrogen) atoms. The smallest absolute Gasteiger partial charge is 0.248 e. The maximum absolute atomic E-state index is 14.4. The van der Waals surface area contributed by atoms with Gasteiger partial charge in [0.25, 0.3) is 0 Å². The van der Waals surface area contributed by atoms with E-state index in [9.17, 15) is 25.1 Å². The number of aromatic hydroxyl groups is 1. The molecule has 236 valence electrons. The molecule has 5 N–H and O–H groups in total. The summed E-state index contributed by atoms with van der Waals surface area (Å²) in [6.07, 6.45) is 6.91. The monoisotopic (exact) mass is 596 g/mol. The number of amides is 1. The van der Waals surface area contributed by atoms with Crippen LogP contribution in [0.3, 0.4) is 0 Å². The molecule has 1 aromatic carbocycles. The number of ketones is 1. The third-order valence-corrected chi connectivity index (χ3v) is 10.7. The minimum absolute atomic E-state index is 0.0214. The third kappa shape index (κ3) is 5.06. The van der Waals surface area contributed by atoms with Gasteiger partial charge in [-0.3, -0.25) is 24.6 Å². The summed E-state index contributed by atoms with van der Waals surface area (Å²) in [5, 5.41) is 33.1. The number of carbonyl (C=O) groups is 2. The molecule has 4 aliphatic rings. The maximum Gasteiger partial charge on any atom is 0.248 e. The Labute approximate surface area is 254 Å². The van der Waals surface area contributed by atoms with Crippen molar-refractivity contribution in [2.75, 3.05) is 39.6 Å². The molecule has 0 unspecified atom stereocenters. The van der Waals surface area contributed by atoms with E-state index < -0.39 is 23.5 Å². The molecular formula is C33H48N4O6. The number of Topliss-reactive ketones (excluding diaryl/α,β-unsaturated/α-hetero) is 1. The van der Waals surface area contributed by atoms with Crippen LogP contribution in [-0.2, 0) is 22.6 Å². The zero-order chi connectivity index (χ0) is 31.4. The van der Waals surface area contributed by atoms with Gasteiger partial charge in [0.15, 0.2) is 5.78 Å². The van der Waals surface area contributed by atoms with Crippen LogP contribution in [0.4, 0.5) is 5.69 Å². The quantitative estimate of drug-likeness (QED) is 0.257. The van der Waals surface area contributed by atoms with Crippen molar-refractivity contribution < 1.29 is 29.9 Å². The fourth-order valence-electron chi connectivity index (χ4n) is 8.77. The van der Waals surface area contributed by atoms with Crippen LogP contribution in [0.15, 0.2) is 28.5 Å². The summed E-state index contributed by atoms with van der Waals surface area (Å²) < 4.78 is 0. The molecule has 5 rings (SSSR count). The van der Waals surface area contributed by atoms with Gasteiger partial charge in [0.05, 0.1) is 17.2 Å². The SMILES string of the molecule is CCN(Cc1cc(O)c2c(c1N(C)C)C[C@H]1C[C@H]3[C@H](N(C)C)C(O)=C(C(N)=O)C[C@@]3(OO)C(C)=C1C2=O)C1CCCCC1. The minimum atomic E-state index is -1.42. The van der Waals surface area contributed by atoms with E-state index in [1.54, 1.807) is 32.0 Å². The Kier molecular flexibility index (Phi) is 8.70. The van der Waals surface area contributed by atoms with Crippen molar-refractivity contribution in [3.05, 3.63) is 45.2 Å². The van der Waals surface area contributed by atoms with E-state index in [4.69, 9.17) is 10.6 Å². The summed E-state index contributed by atoms with van der Waals surface area (Å²) >= 11 is 0. The van der Waals surface area contributed by atoms with Crippen LogP contribution in [0.25, 0.3) is 0 Å². The Morgan fingerprint density at radius 2 is 1.81 bits per heavy atom. The minimum Gasteiger partial charge on any atom is -0.510 e. The lowest BCUT2D eigenvalue weighted by atomic mass is 9.57. The van der Waals surface area contributed by atoms with Crippen molar-refractivity contribution in [3.8, 4) is 5.75 Å². The highest BCUT2D eigenvalue weighted by molar-refractivity contribution is 6.14. The van der Waals surface area contributed by atoms with E-state index in [1.807, 2.05) is 14.1 Å². The highest BCUT2D eigenvalue weighted by Gasteiger charge is 2.59. The molecule has 10 nitrogen and oxygen atoms in total. The predicted octanol–water partition coefficient (Wildman–Crippen LogP) is 4.16. The van der Waals surface area contributed by atoms with E-state index in [0.717, 1.165) is 23.4 Å². The number of anilines is 1. The number of hydrogen-bond donors (Lipinski definition) is 4. The Bertz CT molecular complexity index is 1360. The number of fused-ring (bicyclic) bond motifs is 3. The first-order valence-corrected chi connectivity index (χ1v) is 15.6. The second-order valence-corrected chi connectivity index (χ2v) is 13.4. The number of likely N-dealkylation sites (N-methyl/N-ethyl adjacent to an activating group) is 1. The lowest BCUT2D eigenvalue weighted by Gasteiger charge is -2.53. The molecule has 0 saturated heterocycles. The van der Waals surface area contributed by atoms with E-state index in [1.165, 1.54) is 32.1 Å². The highest BCUT2D eigenvalue weighted by atomic mass is 17.1. The van der Waals surface area contributed by atoms with Crippen molar-refractivity contribution in [1.29, 1.82) is 0 Å². The van der Waals surface area contributed by atoms with E-state index >= 15 is 0 Å². The van der Waals surface area contributed by atoms with Gasteiger partial charge in [-0.1, -0.05) is 26.2 Å². The van der Waals surface area contributed by atoms with Gasteiger partial charge in [0.1, 0.15) is 17.1 Å². The number of rotatable bonds is 8. The molecule has 4 aliphatic carbocycles. The Morgan fingerprint density at radius 3 is 2.37 bits per heavy atom. The average Bonchev–Trinajstić information content (AvgIpc) is 2.95. The van der Waals surface area contributed by atoms with Gasteiger partial charge in [-0.25, -0.2) is 4.89 Å². The van der Waals surface area contributed by atoms with Gasteiger partial charge in [0.2, 0.25) is 5.91 Å². The number of nitrogens with two attached hydrogens (primary N) is 1. The molecular weight excluding hydrogens is 548 g/mol. The first-order chi connectivity index (χ1) is 20.4. The molecule has 0 bridgehead atoms. The van der Waals surface area contributed by atoms with Crippen LogP contribution in [0, 0.1) is 11.8 Å². The molecule has 0 heterocycles. The Hall–Kier alpha value is -2.92. The van der Waals surface area contributed by atoms with Gasteiger partial charge >= 0.3 is 0 Å². The van der Waals surface area contributed by atoms with Crippen LogP contribution in [0.5, 0.6) is 5.75 Å². The molecule has 1 saturated carbocycles. The van der Waals surface area contributed by atoms with Crippen molar-refractivity contribution in [2.45, 2.75) is 89.4 Å².